The van der Waals surface area contributed by atoms with Gasteiger partial charge >= 0.3 is 0 Å². The lowest BCUT2D eigenvalue weighted by molar-refractivity contribution is -0.133. The first kappa shape index (κ1) is 21.0. The smallest absolute Gasteiger partial charge is 0.279 e. The molecule has 0 aliphatic heterocycles. The Morgan fingerprint density at radius 2 is 1.70 bits per heavy atom. The molecule has 0 saturated carbocycles. The standard InChI is InChI=1S/C23H24N2O5/c1-15-8-11-20(21(12-15)28-3)29-14-22(26)24-25-23(27)16(2)30-19-10-9-17-6-4-5-7-18(17)13-19/h4-13,16H,14H2,1-3H3,(H,24,26)(H,25,27)/t16-/m1/s1. The molecule has 0 aromatic heterocycles. The van der Waals surface area contributed by atoms with E-state index in [1.165, 1.54) is 7.11 Å². The Morgan fingerprint density at radius 3 is 2.47 bits per heavy atom. The maximum absolute atomic E-state index is 12.2. The quantitative estimate of drug-likeness (QED) is 0.587. The molecule has 0 fully saturated rings. The fraction of sp³-hybridized carbons (Fsp3) is 0.217. The predicted octanol–water partition coefficient (Wildman–Crippen LogP) is 3.15. The minimum absolute atomic E-state index is 0.278. The van der Waals surface area contributed by atoms with Crippen molar-refractivity contribution >= 4 is 22.6 Å². The van der Waals surface area contributed by atoms with Crippen LogP contribution < -0.4 is 25.1 Å². The molecule has 0 spiro atoms. The van der Waals surface area contributed by atoms with Gasteiger partial charge in [0, 0.05) is 0 Å². The number of amides is 2. The molecule has 2 amide bonds. The zero-order valence-corrected chi connectivity index (χ0v) is 17.1. The van der Waals surface area contributed by atoms with Crippen LogP contribution in [0.15, 0.2) is 60.7 Å². The summed E-state index contributed by atoms with van der Waals surface area (Å²) in [6, 6.07) is 18.8. The summed E-state index contributed by atoms with van der Waals surface area (Å²) >= 11 is 0. The lowest BCUT2D eigenvalue weighted by atomic mass is 10.1. The fourth-order valence-corrected chi connectivity index (χ4v) is 2.80. The van der Waals surface area contributed by atoms with Gasteiger partial charge in [0.15, 0.2) is 24.2 Å². The van der Waals surface area contributed by atoms with E-state index in [-0.39, 0.29) is 6.61 Å². The van der Waals surface area contributed by atoms with Gasteiger partial charge in [-0.2, -0.15) is 0 Å². The highest BCUT2D eigenvalue weighted by Gasteiger charge is 2.16. The topological polar surface area (TPSA) is 85.9 Å². The van der Waals surface area contributed by atoms with E-state index in [1.807, 2.05) is 49.4 Å². The van der Waals surface area contributed by atoms with Crippen molar-refractivity contribution in [2.75, 3.05) is 13.7 Å². The van der Waals surface area contributed by atoms with Crippen molar-refractivity contribution in [1.29, 1.82) is 0 Å². The van der Waals surface area contributed by atoms with Crippen molar-refractivity contribution in [2.45, 2.75) is 20.0 Å². The molecule has 156 valence electrons. The van der Waals surface area contributed by atoms with Crippen molar-refractivity contribution < 1.29 is 23.8 Å². The van der Waals surface area contributed by atoms with Gasteiger partial charge in [-0.3, -0.25) is 20.4 Å². The van der Waals surface area contributed by atoms with Crippen LogP contribution in [0.25, 0.3) is 10.8 Å². The van der Waals surface area contributed by atoms with Crippen LogP contribution in [0.4, 0.5) is 0 Å². The summed E-state index contributed by atoms with van der Waals surface area (Å²) in [6.07, 6.45) is -0.801. The second-order valence-electron chi connectivity index (χ2n) is 6.75. The van der Waals surface area contributed by atoms with Gasteiger partial charge in [0.2, 0.25) is 0 Å². The molecule has 3 rings (SSSR count). The molecule has 0 aliphatic rings. The lowest BCUT2D eigenvalue weighted by Gasteiger charge is -2.16. The van der Waals surface area contributed by atoms with E-state index >= 15 is 0 Å². The van der Waals surface area contributed by atoms with Gasteiger partial charge in [-0.05, 0) is 54.4 Å². The van der Waals surface area contributed by atoms with E-state index < -0.39 is 17.9 Å². The van der Waals surface area contributed by atoms with E-state index in [0.29, 0.717) is 17.2 Å². The van der Waals surface area contributed by atoms with Crippen LogP contribution in [0.3, 0.4) is 0 Å². The highest BCUT2D eigenvalue weighted by atomic mass is 16.5. The summed E-state index contributed by atoms with van der Waals surface area (Å²) in [7, 11) is 1.53. The maximum Gasteiger partial charge on any atom is 0.279 e. The number of carbonyl (C=O) groups excluding carboxylic acids is 2. The molecule has 0 aliphatic carbocycles. The molecule has 30 heavy (non-hydrogen) atoms. The second kappa shape index (κ2) is 9.65. The first-order valence-corrected chi connectivity index (χ1v) is 9.48. The molecule has 3 aromatic carbocycles. The number of rotatable bonds is 7. The molecule has 0 saturated heterocycles. The first-order chi connectivity index (χ1) is 14.5. The highest BCUT2D eigenvalue weighted by molar-refractivity contribution is 5.86. The van der Waals surface area contributed by atoms with Crippen molar-refractivity contribution in [3.05, 3.63) is 66.2 Å². The SMILES string of the molecule is COc1cc(C)ccc1OCC(=O)NNC(=O)[C@@H](C)Oc1ccc2ccccc2c1. The molecule has 0 unspecified atom stereocenters. The number of aryl methyl sites for hydroxylation is 1. The van der Waals surface area contributed by atoms with E-state index in [1.54, 1.807) is 25.1 Å². The first-order valence-electron chi connectivity index (χ1n) is 9.48. The third-order valence-corrected chi connectivity index (χ3v) is 4.41. The van der Waals surface area contributed by atoms with Crippen LogP contribution in [-0.2, 0) is 9.59 Å². The third kappa shape index (κ3) is 5.41. The van der Waals surface area contributed by atoms with Crippen molar-refractivity contribution in [3.63, 3.8) is 0 Å². The molecule has 7 nitrogen and oxygen atoms in total. The molecule has 2 N–H and O–H groups in total. The Hall–Kier alpha value is -3.74. The van der Waals surface area contributed by atoms with Gasteiger partial charge in [0.05, 0.1) is 7.11 Å². The Bertz CT molecular complexity index is 1050. The molecule has 0 heterocycles. The summed E-state index contributed by atoms with van der Waals surface area (Å²) in [5, 5.41) is 2.10. The molecule has 3 aromatic rings. The zero-order valence-electron chi connectivity index (χ0n) is 17.1. The number of ether oxygens (including phenoxy) is 3. The number of benzene rings is 3. The Kier molecular flexibility index (Phi) is 6.75. The number of hydrazine groups is 1. The highest BCUT2D eigenvalue weighted by Crippen LogP contribution is 2.27. The molecule has 7 heteroatoms. The Labute approximate surface area is 174 Å². The average molecular weight is 408 g/mol. The lowest BCUT2D eigenvalue weighted by Crippen LogP contribution is -2.48. The van der Waals surface area contributed by atoms with Gasteiger partial charge in [0.1, 0.15) is 5.75 Å². The van der Waals surface area contributed by atoms with Gasteiger partial charge in [-0.15, -0.1) is 0 Å². The van der Waals surface area contributed by atoms with E-state index in [0.717, 1.165) is 16.3 Å². The normalized spacial score (nSPS) is 11.4. The largest absolute Gasteiger partial charge is 0.493 e. The molecular formula is C23H24N2O5. The number of methoxy groups -OCH3 is 1. The summed E-state index contributed by atoms with van der Waals surface area (Å²) in [6.45, 7) is 3.25. The summed E-state index contributed by atoms with van der Waals surface area (Å²) in [5.41, 5.74) is 5.66. The van der Waals surface area contributed by atoms with Gasteiger partial charge in [-0.1, -0.05) is 36.4 Å². The minimum atomic E-state index is -0.801. The third-order valence-electron chi connectivity index (χ3n) is 4.41. The van der Waals surface area contributed by atoms with Crippen LogP contribution in [-0.4, -0.2) is 31.6 Å². The van der Waals surface area contributed by atoms with E-state index in [4.69, 9.17) is 14.2 Å². The van der Waals surface area contributed by atoms with Gasteiger partial charge in [-0.25, -0.2) is 0 Å². The number of hydrogen-bond donors (Lipinski definition) is 2. The van der Waals surface area contributed by atoms with Crippen LogP contribution in [0.2, 0.25) is 0 Å². The fourth-order valence-electron chi connectivity index (χ4n) is 2.80. The molecule has 0 bridgehead atoms. The zero-order chi connectivity index (χ0) is 21.5. The maximum atomic E-state index is 12.2. The summed E-state index contributed by atoms with van der Waals surface area (Å²) in [5.74, 6) is 0.549. The van der Waals surface area contributed by atoms with Crippen molar-refractivity contribution in [2.24, 2.45) is 0 Å². The minimum Gasteiger partial charge on any atom is -0.493 e. The molecular weight excluding hydrogens is 384 g/mol. The van der Waals surface area contributed by atoms with Crippen LogP contribution in [0.5, 0.6) is 17.2 Å². The summed E-state index contributed by atoms with van der Waals surface area (Å²) < 4.78 is 16.4. The molecule has 0 radical (unpaired) electrons. The van der Waals surface area contributed by atoms with Crippen molar-refractivity contribution in [1.82, 2.24) is 10.9 Å². The predicted molar refractivity (Wildman–Crippen MR) is 114 cm³/mol. The second-order valence-corrected chi connectivity index (χ2v) is 6.75. The van der Waals surface area contributed by atoms with Gasteiger partial charge in [0.25, 0.3) is 11.8 Å². The summed E-state index contributed by atoms with van der Waals surface area (Å²) in [4.78, 5) is 24.2. The van der Waals surface area contributed by atoms with Crippen LogP contribution >= 0.6 is 0 Å². The number of nitrogens with one attached hydrogen (secondary N) is 2. The molecule has 1 atom stereocenters. The van der Waals surface area contributed by atoms with Crippen LogP contribution in [0, 0.1) is 6.92 Å². The van der Waals surface area contributed by atoms with E-state index in [9.17, 15) is 9.59 Å². The average Bonchev–Trinajstić information content (AvgIpc) is 2.76. The van der Waals surface area contributed by atoms with Crippen LogP contribution in [0.1, 0.15) is 12.5 Å². The monoisotopic (exact) mass is 408 g/mol. The Morgan fingerprint density at radius 1 is 0.933 bits per heavy atom. The number of fused-ring (bicyclic) bond motifs is 1. The number of carbonyl (C=O) groups is 2. The van der Waals surface area contributed by atoms with Gasteiger partial charge < -0.3 is 14.2 Å². The number of hydrogen-bond acceptors (Lipinski definition) is 5. The van der Waals surface area contributed by atoms with E-state index in [2.05, 4.69) is 10.9 Å². The van der Waals surface area contributed by atoms with Crippen molar-refractivity contribution in [3.8, 4) is 17.2 Å². The Balaban J connectivity index is 1.47.